The molecule has 0 atom stereocenters. The fourth-order valence-corrected chi connectivity index (χ4v) is 1.70. The molecule has 1 aromatic carbocycles. The van der Waals surface area contributed by atoms with Gasteiger partial charge in [0, 0.05) is 24.8 Å². The fourth-order valence-electron chi connectivity index (χ4n) is 1.70. The lowest BCUT2D eigenvalue weighted by Crippen LogP contribution is -2.22. The number of rotatable bonds is 5. The van der Waals surface area contributed by atoms with E-state index in [1.165, 1.54) is 13.2 Å². The lowest BCUT2D eigenvalue weighted by molar-refractivity contribution is 0.386. The summed E-state index contributed by atoms with van der Waals surface area (Å²) in [6.45, 7) is 4.88. The van der Waals surface area contributed by atoms with Gasteiger partial charge < -0.3 is 10.1 Å². The summed E-state index contributed by atoms with van der Waals surface area (Å²) < 4.78 is 20.0. The van der Waals surface area contributed by atoms with Crippen molar-refractivity contribution in [3.05, 3.63) is 42.0 Å². The van der Waals surface area contributed by atoms with Gasteiger partial charge in [-0.15, -0.1) is 0 Å². The quantitative estimate of drug-likeness (QED) is 0.901. The van der Waals surface area contributed by atoms with Crippen LogP contribution in [0.1, 0.15) is 19.5 Å². The average molecular weight is 263 g/mol. The van der Waals surface area contributed by atoms with Crippen LogP contribution in [0, 0.1) is 5.82 Å². The minimum absolute atomic E-state index is 0.217. The molecule has 0 aliphatic rings. The summed E-state index contributed by atoms with van der Waals surface area (Å²) in [6.07, 6.45) is 1.85. The maximum Gasteiger partial charge on any atom is 0.165 e. The first-order valence-electron chi connectivity index (χ1n) is 6.22. The summed E-state index contributed by atoms with van der Waals surface area (Å²) in [5, 5.41) is 7.73. The Hall–Kier alpha value is -1.88. The lowest BCUT2D eigenvalue weighted by atomic mass is 10.3. The van der Waals surface area contributed by atoms with E-state index in [1.807, 2.05) is 12.3 Å². The Morgan fingerprint density at radius 3 is 2.84 bits per heavy atom. The van der Waals surface area contributed by atoms with Crippen molar-refractivity contribution in [1.29, 1.82) is 0 Å². The number of aromatic nitrogens is 2. The smallest absolute Gasteiger partial charge is 0.165 e. The number of methoxy groups -OCH3 is 1. The highest BCUT2D eigenvalue weighted by atomic mass is 19.1. The van der Waals surface area contributed by atoms with Gasteiger partial charge in [-0.2, -0.15) is 5.10 Å². The zero-order valence-electron chi connectivity index (χ0n) is 11.4. The zero-order chi connectivity index (χ0) is 13.8. The molecule has 0 fully saturated rings. The monoisotopic (exact) mass is 263 g/mol. The van der Waals surface area contributed by atoms with Crippen molar-refractivity contribution < 1.29 is 9.13 Å². The van der Waals surface area contributed by atoms with Crippen LogP contribution in [0.25, 0.3) is 5.69 Å². The Balaban J connectivity index is 2.18. The van der Waals surface area contributed by atoms with Crippen molar-refractivity contribution in [1.82, 2.24) is 15.1 Å². The molecule has 4 nitrogen and oxygen atoms in total. The van der Waals surface area contributed by atoms with E-state index in [0.29, 0.717) is 12.6 Å². The molecule has 0 bridgehead atoms. The summed E-state index contributed by atoms with van der Waals surface area (Å²) in [5.74, 6) is -0.157. The molecule has 0 radical (unpaired) electrons. The van der Waals surface area contributed by atoms with E-state index in [9.17, 15) is 4.39 Å². The molecular weight excluding hydrogens is 245 g/mol. The van der Waals surface area contributed by atoms with Crippen LogP contribution in [-0.2, 0) is 6.54 Å². The predicted octanol–water partition coefficient (Wildman–Crippen LogP) is 2.52. The minimum Gasteiger partial charge on any atom is -0.494 e. The molecule has 1 heterocycles. The molecule has 0 aliphatic heterocycles. The van der Waals surface area contributed by atoms with E-state index in [4.69, 9.17) is 4.74 Å². The first-order valence-corrected chi connectivity index (χ1v) is 6.22. The highest BCUT2D eigenvalue weighted by molar-refractivity contribution is 5.39. The van der Waals surface area contributed by atoms with Crippen LogP contribution in [0.5, 0.6) is 5.75 Å². The number of ether oxygens (including phenoxy) is 1. The minimum atomic E-state index is -0.375. The summed E-state index contributed by atoms with van der Waals surface area (Å²) in [5.41, 5.74) is 1.71. The second-order valence-electron chi connectivity index (χ2n) is 4.61. The molecular formula is C14H18FN3O. The molecule has 0 saturated heterocycles. The van der Waals surface area contributed by atoms with Gasteiger partial charge in [0.2, 0.25) is 0 Å². The largest absolute Gasteiger partial charge is 0.494 e. The van der Waals surface area contributed by atoms with Gasteiger partial charge in [-0.25, -0.2) is 9.07 Å². The summed E-state index contributed by atoms with van der Waals surface area (Å²) in [4.78, 5) is 0. The molecule has 19 heavy (non-hydrogen) atoms. The van der Waals surface area contributed by atoms with Crippen LogP contribution in [0.15, 0.2) is 30.5 Å². The van der Waals surface area contributed by atoms with Gasteiger partial charge in [0.1, 0.15) is 0 Å². The van der Waals surface area contributed by atoms with Gasteiger partial charge in [-0.3, -0.25) is 0 Å². The van der Waals surface area contributed by atoms with Crippen molar-refractivity contribution in [3.8, 4) is 11.4 Å². The van der Waals surface area contributed by atoms with Gasteiger partial charge >= 0.3 is 0 Å². The summed E-state index contributed by atoms with van der Waals surface area (Å²) >= 11 is 0. The first kappa shape index (κ1) is 13.5. The number of nitrogens with zero attached hydrogens (tertiary/aromatic N) is 2. The van der Waals surface area contributed by atoms with Crippen molar-refractivity contribution in [2.75, 3.05) is 7.11 Å². The van der Waals surface area contributed by atoms with Gasteiger partial charge in [-0.1, -0.05) is 13.8 Å². The molecule has 5 heteroatoms. The maximum atomic E-state index is 13.3. The first-order chi connectivity index (χ1) is 9.10. The molecule has 1 N–H and O–H groups in total. The van der Waals surface area contributed by atoms with Crippen LogP contribution >= 0.6 is 0 Å². The molecule has 0 aliphatic carbocycles. The Kier molecular flexibility index (Phi) is 4.16. The highest BCUT2D eigenvalue weighted by Crippen LogP contribution is 2.20. The van der Waals surface area contributed by atoms with Crippen LogP contribution in [0.3, 0.4) is 0 Å². The number of nitrogens with one attached hydrogen (secondary N) is 1. The zero-order valence-corrected chi connectivity index (χ0v) is 11.4. The van der Waals surface area contributed by atoms with E-state index < -0.39 is 0 Å². The SMILES string of the molecule is COc1cc(-n2ccc(CNC(C)C)n2)ccc1F. The Morgan fingerprint density at radius 2 is 2.16 bits per heavy atom. The number of benzene rings is 1. The van der Waals surface area contributed by atoms with Crippen LogP contribution in [0.2, 0.25) is 0 Å². The predicted molar refractivity (Wildman–Crippen MR) is 72.0 cm³/mol. The molecule has 2 rings (SSSR count). The average Bonchev–Trinajstić information content (AvgIpc) is 2.86. The highest BCUT2D eigenvalue weighted by Gasteiger charge is 2.06. The number of hydrogen-bond acceptors (Lipinski definition) is 3. The van der Waals surface area contributed by atoms with Crippen molar-refractivity contribution >= 4 is 0 Å². The van der Waals surface area contributed by atoms with Gasteiger partial charge in [0.05, 0.1) is 18.5 Å². The van der Waals surface area contributed by atoms with Crippen LogP contribution in [0.4, 0.5) is 4.39 Å². The number of halogens is 1. The third kappa shape index (κ3) is 3.32. The molecule has 2 aromatic rings. The third-order valence-corrected chi connectivity index (χ3v) is 2.73. The van der Waals surface area contributed by atoms with E-state index in [1.54, 1.807) is 16.8 Å². The van der Waals surface area contributed by atoms with Crippen LogP contribution in [-0.4, -0.2) is 22.9 Å². The topological polar surface area (TPSA) is 39.1 Å². The maximum absolute atomic E-state index is 13.3. The van der Waals surface area contributed by atoms with E-state index in [2.05, 4.69) is 24.3 Å². The van der Waals surface area contributed by atoms with Gasteiger partial charge in [0.15, 0.2) is 11.6 Å². The molecule has 0 unspecified atom stereocenters. The standard InChI is InChI=1S/C14H18FN3O/c1-10(2)16-9-11-6-7-18(17-11)12-4-5-13(15)14(8-12)19-3/h4-8,10,16H,9H2,1-3H3. The molecule has 0 saturated carbocycles. The Labute approximate surface area is 112 Å². The van der Waals surface area contributed by atoms with E-state index >= 15 is 0 Å². The lowest BCUT2D eigenvalue weighted by Gasteiger charge is -2.06. The van der Waals surface area contributed by atoms with Crippen LogP contribution < -0.4 is 10.1 Å². The molecule has 0 spiro atoms. The van der Waals surface area contributed by atoms with E-state index in [0.717, 1.165) is 11.4 Å². The number of hydrogen-bond donors (Lipinski definition) is 1. The summed E-state index contributed by atoms with van der Waals surface area (Å²) in [6, 6.07) is 7.02. The second-order valence-corrected chi connectivity index (χ2v) is 4.61. The summed E-state index contributed by atoms with van der Waals surface area (Å²) in [7, 11) is 1.45. The van der Waals surface area contributed by atoms with Gasteiger partial charge in [0.25, 0.3) is 0 Å². The molecule has 0 amide bonds. The molecule has 1 aromatic heterocycles. The van der Waals surface area contributed by atoms with E-state index in [-0.39, 0.29) is 11.6 Å². The van der Waals surface area contributed by atoms with Crippen molar-refractivity contribution in [3.63, 3.8) is 0 Å². The normalized spacial score (nSPS) is 11.0. The third-order valence-electron chi connectivity index (χ3n) is 2.73. The Morgan fingerprint density at radius 1 is 1.37 bits per heavy atom. The van der Waals surface area contributed by atoms with Gasteiger partial charge in [-0.05, 0) is 18.2 Å². The Bertz CT molecular complexity index is 551. The second kappa shape index (κ2) is 5.84. The molecule has 102 valence electrons. The van der Waals surface area contributed by atoms with Crippen molar-refractivity contribution in [2.24, 2.45) is 0 Å². The van der Waals surface area contributed by atoms with Crippen molar-refractivity contribution in [2.45, 2.75) is 26.4 Å². The fraction of sp³-hybridized carbons (Fsp3) is 0.357.